The van der Waals surface area contributed by atoms with Crippen molar-refractivity contribution < 1.29 is 5.11 Å². The standard InChI is InChI=1S/C12H15Cl2NO/c13-11-4-1-5-12(14)10(11)8-15-6-2-3-9(16)7-15/h1,4-5,9,16H,2-3,6-8H2/t9-/m0/s1. The van der Waals surface area contributed by atoms with Gasteiger partial charge in [-0.2, -0.15) is 0 Å². The van der Waals surface area contributed by atoms with E-state index in [1.807, 2.05) is 18.2 Å². The summed E-state index contributed by atoms with van der Waals surface area (Å²) >= 11 is 12.2. The van der Waals surface area contributed by atoms with Gasteiger partial charge in [0, 0.05) is 28.7 Å². The molecule has 0 aliphatic carbocycles. The molecule has 1 heterocycles. The molecule has 1 N–H and O–H groups in total. The molecule has 1 aromatic carbocycles. The average Bonchev–Trinajstić information content (AvgIpc) is 2.24. The molecule has 1 aliphatic rings. The predicted molar refractivity (Wildman–Crippen MR) is 67.0 cm³/mol. The second-order valence-corrected chi connectivity index (χ2v) is 5.05. The minimum atomic E-state index is -0.213. The molecule has 1 aliphatic heterocycles. The second-order valence-electron chi connectivity index (χ2n) is 4.23. The molecule has 2 rings (SSSR count). The Hall–Kier alpha value is -0.280. The van der Waals surface area contributed by atoms with Crippen molar-refractivity contribution in [2.75, 3.05) is 13.1 Å². The van der Waals surface area contributed by atoms with Crippen molar-refractivity contribution in [3.05, 3.63) is 33.8 Å². The van der Waals surface area contributed by atoms with Gasteiger partial charge in [0.05, 0.1) is 6.10 Å². The normalized spacial score (nSPS) is 22.3. The Morgan fingerprint density at radius 3 is 2.62 bits per heavy atom. The van der Waals surface area contributed by atoms with Crippen molar-refractivity contribution in [1.82, 2.24) is 4.90 Å². The number of aliphatic hydroxyl groups excluding tert-OH is 1. The van der Waals surface area contributed by atoms with E-state index in [-0.39, 0.29) is 6.10 Å². The number of β-amino-alcohol motifs (C(OH)–C–C–N with tert-alkyl or cyclic N) is 1. The van der Waals surface area contributed by atoms with Gasteiger partial charge >= 0.3 is 0 Å². The van der Waals surface area contributed by atoms with E-state index in [1.54, 1.807) is 0 Å². The van der Waals surface area contributed by atoms with Crippen LogP contribution < -0.4 is 0 Å². The Kier molecular flexibility index (Phi) is 4.09. The van der Waals surface area contributed by atoms with Gasteiger partial charge in [0.25, 0.3) is 0 Å². The first-order valence-corrected chi connectivity index (χ1v) is 6.25. The molecule has 1 fully saturated rings. The van der Waals surface area contributed by atoms with Crippen LogP contribution in [0.5, 0.6) is 0 Å². The van der Waals surface area contributed by atoms with Gasteiger partial charge in [-0.25, -0.2) is 0 Å². The number of hydrogen-bond donors (Lipinski definition) is 1. The van der Waals surface area contributed by atoms with E-state index in [9.17, 15) is 5.11 Å². The van der Waals surface area contributed by atoms with Crippen molar-refractivity contribution >= 4 is 23.2 Å². The van der Waals surface area contributed by atoms with Crippen molar-refractivity contribution in [3.63, 3.8) is 0 Å². The number of piperidine rings is 1. The molecule has 16 heavy (non-hydrogen) atoms. The van der Waals surface area contributed by atoms with Gasteiger partial charge in [0.15, 0.2) is 0 Å². The predicted octanol–water partition coefficient (Wildman–Crippen LogP) is 2.95. The fraction of sp³-hybridized carbons (Fsp3) is 0.500. The molecular formula is C12H15Cl2NO. The van der Waals surface area contributed by atoms with Crippen LogP contribution >= 0.6 is 23.2 Å². The van der Waals surface area contributed by atoms with Crippen molar-refractivity contribution in [3.8, 4) is 0 Å². The van der Waals surface area contributed by atoms with Crippen LogP contribution in [0, 0.1) is 0 Å². The number of benzene rings is 1. The molecule has 1 saturated heterocycles. The number of aliphatic hydroxyl groups is 1. The van der Waals surface area contributed by atoms with Crippen molar-refractivity contribution in [1.29, 1.82) is 0 Å². The first kappa shape index (κ1) is 12.2. The zero-order valence-corrected chi connectivity index (χ0v) is 10.5. The van der Waals surface area contributed by atoms with Crippen LogP contribution in [0.15, 0.2) is 18.2 Å². The maximum absolute atomic E-state index is 9.59. The van der Waals surface area contributed by atoms with Crippen LogP contribution in [0.25, 0.3) is 0 Å². The van der Waals surface area contributed by atoms with Crippen LogP contribution in [0.3, 0.4) is 0 Å². The van der Waals surface area contributed by atoms with E-state index >= 15 is 0 Å². The number of halogens is 2. The van der Waals surface area contributed by atoms with E-state index in [1.165, 1.54) is 0 Å². The summed E-state index contributed by atoms with van der Waals surface area (Å²) in [6.07, 6.45) is 1.71. The van der Waals surface area contributed by atoms with Gasteiger partial charge in [0.2, 0.25) is 0 Å². The van der Waals surface area contributed by atoms with Crippen LogP contribution in [-0.4, -0.2) is 29.2 Å². The summed E-state index contributed by atoms with van der Waals surface area (Å²) in [6.45, 7) is 2.43. The molecule has 1 atom stereocenters. The van der Waals surface area contributed by atoms with Gasteiger partial charge in [0.1, 0.15) is 0 Å². The van der Waals surface area contributed by atoms with Gasteiger partial charge in [-0.05, 0) is 31.5 Å². The third kappa shape index (κ3) is 2.89. The highest BCUT2D eigenvalue weighted by Crippen LogP contribution is 2.26. The Morgan fingerprint density at radius 1 is 1.31 bits per heavy atom. The zero-order valence-electron chi connectivity index (χ0n) is 9.00. The molecule has 0 saturated carbocycles. The van der Waals surface area contributed by atoms with Crippen molar-refractivity contribution in [2.24, 2.45) is 0 Å². The molecule has 0 amide bonds. The highest BCUT2D eigenvalue weighted by atomic mass is 35.5. The maximum atomic E-state index is 9.59. The molecule has 1 aromatic rings. The molecule has 2 nitrogen and oxygen atoms in total. The SMILES string of the molecule is O[C@H]1CCCN(Cc2c(Cl)cccc2Cl)C1. The van der Waals surface area contributed by atoms with Gasteiger partial charge in [-0.1, -0.05) is 29.3 Å². The third-order valence-corrected chi connectivity index (χ3v) is 3.63. The molecule has 0 spiro atoms. The van der Waals surface area contributed by atoms with Gasteiger partial charge in [-0.15, -0.1) is 0 Å². The van der Waals surface area contributed by atoms with E-state index in [0.717, 1.165) is 31.5 Å². The molecule has 88 valence electrons. The third-order valence-electron chi connectivity index (χ3n) is 2.92. The fourth-order valence-electron chi connectivity index (χ4n) is 2.08. The summed E-state index contributed by atoms with van der Waals surface area (Å²) in [5.74, 6) is 0. The quantitative estimate of drug-likeness (QED) is 0.883. The summed E-state index contributed by atoms with van der Waals surface area (Å²) in [5.41, 5.74) is 0.958. The van der Waals surface area contributed by atoms with E-state index in [2.05, 4.69) is 4.90 Å². The van der Waals surface area contributed by atoms with Gasteiger partial charge < -0.3 is 5.11 Å². The lowest BCUT2D eigenvalue weighted by molar-refractivity contribution is 0.0668. The Labute approximate surface area is 106 Å². The van der Waals surface area contributed by atoms with Crippen LogP contribution in [0.2, 0.25) is 10.0 Å². The molecule has 0 bridgehead atoms. The monoisotopic (exact) mass is 259 g/mol. The highest BCUT2D eigenvalue weighted by Gasteiger charge is 2.19. The number of hydrogen-bond acceptors (Lipinski definition) is 2. The zero-order chi connectivity index (χ0) is 11.5. The van der Waals surface area contributed by atoms with E-state index in [0.29, 0.717) is 16.6 Å². The Balaban J connectivity index is 2.08. The number of nitrogens with zero attached hydrogens (tertiary/aromatic N) is 1. The lowest BCUT2D eigenvalue weighted by atomic mass is 10.1. The summed E-state index contributed by atoms with van der Waals surface area (Å²) in [5, 5.41) is 11.0. The minimum Gasteiger partial charge on any atom is -0.392 e. The van der Waals surface area contributed by atoms with Crippen molar-refractivity contribution in [2.45, 2.75) is 25.5 Å². The van der Waals surface area contributed by atoms with E-state index in [4.69, 9.17) is 23.2 Å². The largest absolute Gasteiger partial charge is 0.392 e. The summed E-state index contributed by atoms with van der Waals surface area (Å²) in [6, 6.07) is 5.55. The van der Waals surface area contributed by atoms with Crippen LogP contribution in [0.1, 0.15) is 18.4 Å². The Bertz CT molecular complexity index is 350. The molecule has 0 unspecified atom stereocenters. The van der Waals surface area contributed by atoms with E-state index < -0.39 is 0 Å². The topological polar surface area (TPSA) is 23.5 Å². The first-order valence-electron chi connectivity index (χ1n) is 5.50. The molecule has 4 heteroatoms. The maximum Gasteiger partial charge on any atom is 0.0667 e. The molecule has 0 aromatic heterocycles. The second kappa shape index (κ2) is 5.37. The lowest BCUT2D eigenvalue weighted by Gasteiger charge is -2.30. The van der Waals surface area contributed by atoms with Crippen LogP contribution in [-0.2, 0) is 6.54 Å². The summed E-state index contributed by atoms with van der Waals surface area (Å²) in [7, 11) is 0. The summed E-state index contributed by atoms with van der Waals surface area (Å²) < 4.78 is 0. The average molecular weight is 260 g/mol. The lowest BCUT2D eigenvalue weighted by Crippen LogP contribution is -2.37. The van der Waals surface area contributed by atoms with Crippen LogP contribution in [0.4, 0.5) is 0 Å². The first-order chi connectivity index (χ1) is 7.66. The molecular weight excluding hydrogens is 245 g/mol. The number of rotatable bonds is 2. The fourth-order valence-corrected chi connectivity index (χ4v) is 2.60. The Morgan fingerprint density at radius 2 is 2.00 bits per heavy atom. The smallest absolute Gasteiger partial charge is 0.0667 e. The summed E-state index contributed by atoms with van der Waals surface area (Å²) in [4.78, 5) is 2.20. The minimum absolute atomic E-state index is 0.213. The molecule has 0 radical (unpaired) electrons. The number of likely N-dealkylation sites (tertiary alicyclic amines) is 1. The highest BCUT2D eigenvalue weighted by molar-refractivity contribution is 6.35. The van der Waals surface area contributed by atoms with Gasteiger partial charge in [-0.3, -0.25) is 4.90 Å².